The summed E-state index contributed by atoms with van der Waals surface area (Å²) in [6.45, 7) is 5.45. The molecule has 26 heavy (non-hydrogen) atoms. The third-order valence-electron chi connectivity index (χ3n) is 4.99. The van der Waals surface area contributed by atoms with Gasteiger partial charge in [0.1, 0.15) is 0 Å². The van der Waals surface area contributed by atoms with E-state index < -0.39 is 6.04 Å². The summed E-state index contributed by atoms with van der Waals surface area (Å²) >= 11 is 0. The molecule has 0 bridgehead atoms. The molecule has 0 aromatic heterocycles. The summed E-state index contributed by atoms with van der Waals surface area (Å²) in [5.74, 6) is -0.0955. The van der Waals surface area contributed by atoms with E-state index in [0.717, 1.165) is 38.4 Å². The Morgan fingerprint density at radius 1 is 1.23 bits per heavy atom. The molecule has 7 nitrogen and oxygen atoms in total. The highest BCUT2D eigenvalue weighted by Gasteiger charge is 2.31. The number of hydrogen-bond donors (Lipinski definition) is 2. The van der Waals surface area contributed by atoms with E-state index in [-0.39, 0.29) is 17.9 Å². The van der Waals surface area contributed by atoms with Gasteiger partial charge < -0.3 is 20.7 Å². The maximum absolute atomic E-state index is 12.3. The van der Waals surface area contributed by atoms with Crippen molar-refractivity contribution in [2.75, 3.05) is 45.9 Å². The number of carbonyl (C=O) groups is 2. The van der Waals surface area contributed by atoms with Crippen LogP contribution in [0.5, 0.6) is 0 Å². The van der Waals surface area contributed by atoms with Crippen LogP contribution in [-0.4, -0.2) is 79.6 Å². The van der Waals surface area contributed by atoms with Crippen molar-refractivity contribution in [2.24, 2.45) is 5.73 Å². The first-order valence-electron chi connectivity index (χ1n) is 9.29. The number of amides is 2. The number of nitrogens with one attached hydrogen (secondary N) is 1. The van der Waals surface area contributed by atoms with Gasteiger partial charge in [-0.1, -0.05) is 30.3 Å². The number of rotatable bonds is 7. The molecule has 0 aliphatic carbocycles. The van der Waals surface area contributed by atoms with Crippen molar-refractivity contribution in [1.29, 1.82) is 0 Å². The van der Waals surface area contributed by atoms with E-state index in [0.29, 0.717) is 25.9 Å². The van der Waals surface area contributed by atoms with Gasteiger partial charge in [-0.2, -0.15) is 0 Å². The maximum Gasteiger partial charge on any atom is 0.237 e. The highest BCUT2D eigenvalue weighted by molar-refractivity contribution is 5.85. The Bertz CT molecular complexity index is 604. The quantitative estimate of drug-likeness (QED) is 0.691. The van der Waals surface area contributed by atoms with Crippen molar-refractivity contribution >= 4 is 11.8 Å². The van der Waals surface area contributed by atoms with Crippen LogP contribution in [0.3, 0.4) is 0 Å². The Labute approximate surface area is 154 Å². The molecule has 2 atom stereocenters. The van der Waals surface area contributed by atoms with Gasteiger partial charge in [-0.15, -0.1) is 0 Å². The Morgan fingerprint density at radius 3 is 2.69 bits per heavy atom. The van der Waals surface area contributed by atoms with Gasteiger partial charge in [0.05, 0.1) is 25.3 Å². The lowest BCUT2D eigenvalue weighted by Gasteiger charge is -2.28. The van der Waals surface area contributed by atoms with Crippen LogP contribution in [-0.2, 0) is 20.7 Å². The Hall–Kier alpha value is -1.96. The first kappa shape index (κ1) is 18.8. The van der Waals surface area contributed by atoms with Gasteiger partial charge in [-0.05, 0) is 12.0 Å². The van der Waals surface area contributed by atoms with Crippen molar-refractivity contribution in [1.82, 2.24) is 15.1 Å². The predicted octanol–water partition coefficient (Wildman–Crippen LogP) is -0.394. The Kier molecular flexibility index (Phi) is 6.60. The minimum atomic E-state index is -0.602. The Balaban J connectivity index is 1.42. The first-order valence-corrected chi connectivity index (χ1v) is 9.29. The van der Waals surface area contributed by atoms with E-state index in [1.807, 2.05) is 35.2 Å². The van der Waals surface area contributed by atoms with Gasteiger partial charge in [0, 0.05) is 39.1 Å². The maximum atomic E-state index is 12.3. The SMILES string of the molecule is NC(Cc1ccccc1)C(=O)NC1CC(=O)N(CCN2CCOCC2)C1. The number of nitrogens with zero attached hydrogens (tertiary/aromatic N) is 2. The van der Waals surface area contributed by atoms with E-state index >= 15 is 0 Å². The molecule has 2 heterocycles. The third-order valence-corrected chi connectivity index (χ3v) is 4.99. The summed E-state index contributed by atoms with van der Waals surface area (Å²) in [6.07, 6.45) is 0.848. The second-order valence-corrected chi connectivity index (χ2v) is 7.00. The zero-order chi connectivity index (χ0) is 18.4. The zero-order valence-electron chi connectivity index (χ0n) is 15.1. The van der Waals surface area contributed by atoms with E-state index in [4.69, 9.17) is 10.5 Å². The van der Waals surface area contributed by atoms with Crippen LogP contribution >= 0.6 is 0 Å². The molecule has 3 N–H and O–H groups in total. The molecule has 0 saturated carbocycles. The number of morpholine rings is 1. The standard InChI is InChI=1S/C19H28N4O3/c20-17(12-15-4-2-1-3-5-15)19(25)21-16-13-18(24)23(14-16)7-6-22-8-10-26-11-9-22/h1-5,16-17H,6-14,20H2,(H,21,25). The molecule has 2 aliphatic heterocycles. The summed E-state index contributed by atoms with van der Waals surface area (Å²) in [7, 11) is 0. The second kappa shape index (κ2) is 9.12. The fourth-order valence-corrected chi connectivity index (χ4v) is 3.44. The predicted molar refractivity (Wildman–Crippen MR) is 98.5 cm³/mol. The minimum absolute atomic E-state index is 0.0974. The summed E-state index contributed by atoms with van der Waals surface area (Å²) < 4.78 is 5.34. The van der Waals surface area contributed by atoms with E-state index in [2.05, 4.69) is 10.2 Å². The Morgan fingerprint density at radius 2 is 1.96 bits per heavy atom. The molecule has 2 saturated heterocycles. The fraction of sp³-hybridized carbons (Fsp3) is 0.579. The van der Waals surface area contributed by atoms with Crippen LogP contribution in [0.2, 0.25) is 0 Å². The van der Waals surface area contributed by atoms with E-state index in [9.17, 15) is 9.59 Å². The highest BCUT2D eigenvalue weighted by Crippen LogP contribution is 2.12. The lowest BCUT2D eigenvalue weighted by molar-refractivity contribution is -0.128. The van der Waals surface area contributed by atoms with Crippen LogP contribution in [0.1, 0.15) is 12.0 Å². The lowest BCUT2D eigenvalue weighted by atomic mass is 10.1. The molecular formula is C19H28N4O3. The normalized spacial score (nSPS) is 22.4. The number of ether oxygens (including phenoxy) is 1. The van der Waals surface area contributed by atoms with Gasteiger partial charge in [0.2, 0.25) is 11.8 Å². The average molecular weight is 360 g/mol. The van der Waals surface area contributed by atoms with Crippen molar-refractivity contribution in [3.8, 4) is 0 Å². The molecule has 3 rings (SSSR count). The summed E-state index contributed by atoms with van der Waals surface area (Å²) in [5, 5.41) is 2.94. The van der Waals surface area contributed by atoms with Crippen molar-refractivity contribution < 1.29 is 14.3 Å². The number of benzene rings is 1. The molecule has 2 fully saturated rings. The average Bonchev–Trinajstić information content (AvgIpc) is 3.01. The van der Waals surface area contributed by atoms with E-state index in [1.165, 1.54) is 0 Å². The number of nitrogens with two attached hydrogens (primary N) is 1. The van der Waals surface area contributed by atoms with Crippen molar-refractivity contribution in [3.05, 3.63) is 35.9 Å². The van der Waals surface area contributed by atoms with Gasteiger partial charge in [0.15, 0.2) is 0 Å². The molecule has 142 valence electrons. The fourth-order valence-electron chi connectivity index (χ4n) is 3.44. The molecule has 1 aromatic carbocycles. The van der Waals surface area contributed by atoms with Crippen molar-refractivity contribution in [3.63, 3.8) is 0 Å². The van der Waals surface area contributed by atoms with Gasteiger partial charge >= 0.3 is 0 Å². The molecule has 2 amide bonds. The highest BCUT2D eigenvalue weighted by atomic mass is 16.5. The minimum Gasteiger partial charge on any atom is -0.379 e. The summed E-state index contributed by atoms with van der Waals surface area (Å²) in [5.41, 5.74) is 7.06. The summed E-state index contributed by atoms with van der Waals surface area (Å²) in [6, 6.07) is 8.96. The number of hydrogen-bond acceptors (Lipinski definition) is 5. The third kappa shape index (κ3) is 5.27. The first-order chi connectivity index (χ1) is 12.6. The van der Waals surface area contributed by atoms with Crippen LogP contribution < -0.4 is 11.1 Å². The molecule has 7 heteroatoms. The zero-order valence-corrected chi connectivity index (χ0v) is 15.1. The molecule has 2 aliphatic rings. The van der Waals surface area contributed by atoms with Gasteiger partial charge in [-0.25, -0.2) is 0 Å². The molecule has 2 unspecified atom stereocenters. The molecular weight excluding hydrogens is 332 g/mol. The van der Waals surface area contributed by atoms with Crippen LogP contribution in [0.25, 0.3) is 0 Å². The van der Waals surface area contributed by atoms with Gasteiger partial charge in [0.25, 0.3) is 0 Å². The van der Waals surface area contributed by atoms with Crippen LogP contribution in [0, 0.1) is 0 Å². The van der Waals surface area contributed by atoms with E-state index in [1.54, 1.807) is 0 Å². The smallest absolute Gasteiger partial charge is 0.237 e. The van der Waals surface area contributed by atoms with Crippen LogP contribution in [0.4, 0.5) is 0 Å². The molecule has 0 radical (unpaired) electrons. The van der Waals surface area contributed by atoms with Gasteiger partial charge in [-0.3, -0.25) is 14.5 Å². The largest absolute Gasteiger partial charge is 0.379 e. The second-order valence-electron chi connectivity index (χ2n) is 7.00. The molecule has 0 spiro atoms. The topological polar surface area (TPSA) is 87.9 Å². The number of likely N-dealkylation sites (tertiary alicyclic amines) is 1. The summed E-state index contributed by atoms with van der Waals surface area (Å²) in [4.78, 5) is 28.7. The van der Waals surface area contributed by atoms with Crippen molar-refractivity contribution in [2.45, 2.75) is 24.9 Å². The lowest BCUT2D eigenvalue weighted by Crippen LogP contribution is -2.47. The molecule has 1 aromatic rings. The number of carbonyl (C=O) groups excluding carboxylic acids is 2. The van der Waals surface area contributed by atoms with Crippen LogP contribution in [0.15, 0.2) is 30.3 Å². The monoisotopic (exact) mass is 360 g/mol.